The molecule has 0 spiro atoms. The molecule has 8 nitrogen and oxygen atoms in total. The Balaban J connectivity index is 1.28. The molecule has 0 bridgehead atoms. The lowest BCUT2D eigenvalue weighted by atomic mass is 10.1. The number of hydrogen-bond acceptors (Lipinski definition) is 6. The molecule has 0 radical (unpaired) electrons. The fraction of sp³-hybridized carbons (Fsp3) is 0.267. The molecule has 0 atom stereocenters. The second-order valence-electron chi connectivity index (χ2n) is 9.18. The van der Waals surface area contributed by atoms with Gasteiger partial charge in [0.15, 0.2) is 0 Å². The van der Waals surface area contributed by atoms with Crippen molar-refractivity contribution in [1.29, 1.82) is 0 Å². The van der Waals surface area contributed by atoms with Gasteiger partial charge >= 0.3 is 0 Å². The van der Waals surface area contributed by atoms with Crippen LogP contribution in [0, 0.1) is 0 Å². The molecule has 3 aromatic carbocycles. The Kier molecular flexibility index (Phi) is 7.49. The number of methoxy groups -OCH3 is 2. The van der Waals surface area contributed by atoms with Crippen LogP contribution in [0.3, 0.4) is 0 Å². The van der Waals surface area contributed by atoms with Gasteiger partial charge in [0, 0.05) is 49.7 Å². The summed E-state index contributed by atoms with van der Waals surface area (Å²) in [5, 5.41) is 3.68. The van der Waals surface area contributed by atoms with Gasteiger partial charge in [-0.05, 0) is 48.4 Å². The zero-order valence-corrected chi connectivity index (χ0v) is 21.6. The highest BCUT2D eigenvalue weighted by molar-refractivity contribution is 6.10. The summed E-state index contributed by atoms with van der Waals surface area (Å²) >= 11 is 0. The number of carbonyl (C=O) groups excluding carboxylic acids is 2. The number of para-hydroxylation sites is 1. The highest BCUT2D eigenvalue weighted by Gasteiger charge is 2.29. The van der Waals surface area contributed by atoms with Gasteiger partial charge in [-0.2, -0.15) is 0 Å². The van der Waals surface area contributed by atoms with Crippen molar-refractivity contribution in [2.75, 3.05) is 50.6 Å². The number of amides is 2. The third-order valence-corrected chi connectivity index (χ3v) is 6.84. The van der Waals surface area contributed by atoms with Gasteiger partial charge in [0.2, 0.25) is 11.7 Å². The monoisotopic (exact) mass is 513 g/mol. The Bertz CT molecular complexity index is 1420. The average Bonchev–Trinajstić information content (AvgIpc) is 3.34. The lowest BCUT2D eigenvalue weighted by molar-refractivity contribution is -0.116. The number of benzene rings is 3. The maximum atomic E-state index is 13.6. The third-order valence-electron chi connectivity index (χ3n) is 6.84. The maximum absolute atomic E-state index is 13.6. The average molecular weight is 514 g/mol. The van der Waals surface area contributed by atoms with Crippen molar-refractivity contribution < 1.29 is 23.5 Å². The second kappa shape index (κ2) is 11.3. The number of rotatable bonds is 8. The minimum atomic E-state index is -0.225. The number of anilines is 2. The molecule has 196 valence electrons. The summed E-state index contributed by atoms with van der Waals surface area (Å²) in [5.74, 6) is 1.34. The first-order chi connectivity index (χ1) is 18.6. The van der Waals surface area contributed by atoms with Crippen molar-refractivity contribution in [2.24, 2.45) is 0 Å². The molecule has 1 aromatic heterocycles. The van der Waals surface area contributed by atoms with Gasteiger partial charge in [0.1, 0.15) is 22.8 Å². The number of piperazine rings is 1. The van der Waals surface area contributed by atoms with E-state index in [9.17, 15) is 9.59 Å². The van der Waals surface area contributed by atoms with Gasteiger partial charge in [0.25, 0.3) is 5.91 Å². The van der Waals surface area contributed by atoms with Crippen molar-refractivity contribution in [3.8, 4) is 11.5 Å². The van der Waals surface area contributed by atoms with Crippen LogP contribution in [0.4, 0.5) is 11.4 Å². The van der Waals surface area contributed by atoms with Crippen molar-refractivity contribution in [3.63, 3.8) is 0 Å². The molecule has 4 aromatic rings. The van der Waals surface area contributed by atoms with Gasteiger partial charge in [-0.1, -0.05) is 30.3 Å². The standard InChI is InChI=1S/C30H31N3O5/c1-36-23-13-10-21(11-14-23)12-15-27(34)31-28-25-8-3-4-9-26(25)38-29(28)30(35)33-18-16-32(17-19-33)22-6-5-7-24(20-22)37-2/h3-11,13-14,20H,12,15-19H2,1-2H3,(H,31,34). The molecule has 5 rings (SSSR count). The summed E-state index contributed by atoms with van der Waals surface area (Å²) in [7, 11) is 3.27. The summed E-state index contributed by atoms with van der Waals surface area (Å²) in [4.78, 5) is 30.5. The van der Waals surface area contributed by atoms with Crippen LogP contribution in [0.1, 0.15) is 22.5 Å². The SMILES string of the molecule is COc1ccc(CCC(=O)Nc2c(C(=O)N3CCN(c4cccc(OC)c4)CC3)oc3ccccc23)cc1. The Labute approximate surface area is 221 Å². The van der Waals surface area contributed by atoms with Gasteiger partial charge in [0.05, 0.1) is 14.2 Å². The Morgan fingerprint density at radius 1 is 0.868 bits per heavy atom. The van der Waals surface area contributed by atoms with Gasteiger partial charge in [-0.25, -0.2) is 0 Å². The van der Waals surface area contributed by atoms with E-state index in [1.807, 2.05) is 66.7 Å². The molecule has 0 saturated carbocycles. The summed E-state index contributed by atoms with van der Waals surface area (Å²) in [6.07, 6.45) is 0.847. The normalized spacial score (nSPS) is 13.4. The Morgan fingerprint density at radius 3 is 2.34 bits per heavy atom. The number of nitrogens with one attached hydrogen (secondary N) is 1. The molecule has 1 N–H and O–H groups in total. The smallest absolute Gasteiger partial charge is 0.291 e. The number of aryl methyl sites for hydroxylation is 1. The molecular formula is C30H31N3O5. The van der Waals surface area contributed by atoms with E-state index in [1.165, 1.54) is 0 Å². The third kappa shape index (κ3) is 5.44. The first-order valence-electron chi connectivity index (χ1n) is 12.7. The van der Waals surface area contributed by atoms with Crippen LogP contribution >= 0.6 is 0 Å². The van der Waals surface area contributed by atoms with E-state index in [0.29, 0.717) is 49.3 Å². The summed E-state index contributed by atoms with van der Waals surface area (Å²) < 4.78 is 16.5. The quantitative estimate of drug-likeness (QED) is 0.358. The van der Waals surface area contributed by atoms with Crippen molar-refractivity contribution >= 4 is 34.2 Å². The summed E-state index contributed by atoms with van der Waals surface area (Å²) in [6, 6.07) is 22.9. The maximum Gasteiger partial charge on any atom is 0.291 e. The van der Waals surface area contributed by atoms with E-state index < -0.39 is 0 Å². The molecule has 8 heteroatoms. The Morgan fingerprint density at radius 2 is 1.61 bits per heavy atom. The highest BCUT2D eigenvalue weighted by Crippen LogP contribution is 2.32. The van der Waals surface area contributed by atoms with Crippen LogP contribution in [0.15, 0.2) is 77.2 Å². The number of nitrogens with zero attached hydrogens (tertiary/aromatic N) is 2. The number of fused-ring (bicyclic) bond motifs is 1. The summed E-state index contributed by atoms with van der Waals surface area (Å²) in [5.41, 5.74) is 3.09. The predicted octanol–water partition coefficient (Wildman–Crippen LogP) is 4.98. The van der Waals surface area contributed by atoms with E-state index in [2.05, 4.69) is 10.2 Å². The van der Waals surface area contributed by atoms with Crippen LogP contribution in [0.2, 0.25) is 0 Å². The topological polar surface area (TPSA) is 84.2 Å². The van der Waals surface area contributed by atoms with Gasteiger partial charge in [-0.15, -0.1) is 0 Å². The van der Waals surface area contributed by atoms with Crippen LogP contribution < -0.4 is 19.7 Å². The Hall–Kier alpha value is -4.46. The molecule has 2 heterocycles. The van der Waals surface area contributed by atoms with Crippen LogP contribution in [-0.4, -0.2) is 57.1 Å². The number of furan rings is 1. The minimum Gasteiger partial charge on any atom is -0.497 e. The van der Waals surface area contributed by atoms with E-state index >= 15 is 0 Å². The molecule has 1 fully saturated rings. The lowest BCUT2D eigenvalue weighted by Crippen LogP contribution is -2.48. The molecule has 1 aliphatic rings. The zero-order valence-electron chi connectivity index (χ0n) is 21.6. The fourth-order valence-corrected chi connectivity index (χ4v) is 4.69. The van der Waals surface area contributed by atoms with Crippen molar-refractivity contribution in [2.45, 2.75) is 12.8 Å². The highest BCUT2D eigenvalue weighted by atomic mass is 16.5. The van der Waals surface area contributed by atoms with E-state index in [4.69, 9.17) is 13.9 Å². The minimum absolute atomic E-state index is 0.166. The molecule has 0 unspecified atom stereocenters. The van der Waals surface area contributed by atoms with Crippen molar-refractivity contribution in [1.82, 2.24) is 4.90 Å². The number of carbonyl (C=O) groups is 2. The van der Waals surface area contributed by atoms with Gasteiger partial charge in [-0.3, -0.25) is 9.59 Å². The molecule has 0 aliphatic carbocycles. The van der Waals surface area contributed by atoms with E-state index in [-0.39, 0.29) is 24.0 Å². The molecule has 1 aliphatic heterocycles. The van der Waals surface area contributed by atoms with Gasteiger partial charge < -0.3 is 29.0 Å². The van der Waals surface area contributed by atoms with Crippen molar-refractivity contribution in [3.05, 3.63) is 84.1 Å². The number of hydrogen-bond donors (Lipinski definition) is 1. The molecule has 1 saturated heterocycles. The first-order valence-corrected chi connectivity index (χ1v) is 12.7. The first kappa shape index (κ1) is 25.2. The lowest BCUT2D eigenvalue weighted by Gasteiger charge is -2.36. The molecule has 38 heavy (non-hydrogen) atoms. The zero-order chi connectivity index (χ0) is 26.5. The number of ether oxygens (including phenoxy) is 2. The largest absolute Gasteiger partial charge is 0.497 e. The van der Waals surface area contributed by atoms with Crippen LogP contribution in [0.25, 0.3) is 11.0 Å². The summed E-state index contributed by atoms with van der Waals surface area (Å²) in [6.45, 7) is 2.45. The molecular weight excluding hydrogens is 482 g/mol. The second-order valence-corrected chi connectivity index (χ2v) is 9.18. The fourth-order valence-electron chi connectivity index (χ4n) is 4.69. The van der Waals surface area contributed by atoms with E-state index in [1.54, 1.807) is 25.2 Å². The van der Waals surface area contributed by atoms with Crippen LogP contribution in [-0.2, 0) is 11.2 Å². The predicted molar refractivity (Wildman–Crippen MR) is 147 cm³/mol. The van der Waals surface area contributed by atoms with E-state index in [0.717, 1.165) is 22.7 Å². The molecule has 2 amide bonds. The van der Waals surface area contributed by atoms with Crippen LogP contribution in [0.5, 0.6) is 11.5 Å².